The third-order valence-corrected chi connectivity index (χ3v) is 6.27. The lowest BCUT2D eigenvalue weighted by Crippen LogP contribution is -2.42. The minimum Gasteiger partial charge on any atom is -0.480 e. The summed E-state index contributed by atoms with van der Waals surface area (Å²) in [6.07, 6.45) is -5.31. The van der Waals surface area contributed by atoms with Crippen LogP contribution in [0.2, 0.25) is 10.0 Å². The molecule has 38 heavy (non-hydrogen) atoms. The van der Waals surface area contributed by atoms with Crippen molar-refractivity contribution in [2.24, 2.45) is 0 Å². The van der Waals surface area contributed by atoms with Crippen molar-refractivity contribution in [3.63, 3.8) is 0 Å². The fourth-order valence-corrected chi connectivity index (χ4v) is 4.54. The maximum absolute atomic E-state index is 13.5. The van der Waals surface area contributed by atoms with Crippen LogP contribution in [0.3, 0.4) is 0 Å². The molecular formula is C23H18Cl2F5N5O3. The van der Waals surface area contributed by atoms with Gasteiger partial charge in [-0.25, -0.2) is 13.8 Å². The molecule has 1 aliphatic heterocycles. The molecule has 15 heteroatoms. The van der Waals surface area contributed by atoms with E-state index in [0.29, 0.717) is 6.07 Å². The molecule has 0 radical (unpaired) electrons. The molecule has 0 aliphatic carbocycles. The lowest BCUT2D eigenvalue weighted by Gasteiger charge is -2.33. The Bertz CT molecular complexity index is 1380. The van der Waals surface area contributed by atoms with Crippen LogP contribution < -0.4 is 15.0 Å². The molecule has 2 amide bonds. The minimum absolute atomic E-state index is 0.00827. The zero-order valence-corrected chi connectivity index (χ0v) is 20.9. The number of hydrogen-bond donors (Lipinski definition) is 1. The Morgan fingerprint density at radius 1 is 1.21 bits per heavy atom. The molecule has 1 atom stereocenters. The molecule has 4 rings (SSSR count). The van der Waals surface area contributed by atoms with E-state index in [1.165, 1.54) is 30.5 Å². The van der Waals surface area contributed by atoms with E-state index in [1.807, 2.05) is 0 Å². The van der Waals surface area contributed by atoms with Crippen molar-refractivity contribution in [3.8, 4) is 5.88 Å². The molecule has 0 bridgehead atoms. The number of fused-ring (bicyclic) bond motifs is 1. The van der Waals surface area contributed by atoms with Gasteiger partial charge in [0.1, 0.15) is 11.6 Å². The molecule has 2 aromatic heterocycles. The number of amides is 2. The van der Waals surface area contributed by atoms with E-state index < -0.39 is 48.1 Å². The second-order valence-corrected chi connectivity index (χ2v) is 9.01. The number of hydrogen-bond acceptors (Lipinski definition) is 5. The smallest absolute Gasteiger partial charge is 0.417 e. The third-order valence-electron chi connectivity index (χ3n) is 5.76. The van der Waals surface area contributed by atoms with Crippen LogP contribution in [0.15, 0.2) is 36.7 Å². The van der Waals surface area contributed by atoms with E-state index in [-0.39, 0.29) is 45.8 Å². The van der Waals surface area contributed by atoms with Crippen LogP contribution in [0.25, 0.3) is 0 Å². The normalized spacial score (nSPS) is 15.4. The van der Waals surface area contributed by atoms with Crippen molar-refractivity contribution in [2.75, 3.05) is 18.6 Å². The molecule has 0 unspecified atom stereocenters. The number of anilines is 1. The maximum Gasteiger partial charge on any atom is 0.417 e. The van der Waals surface area contributed by atoms with Gasteiger partial charge >= 0.3 is 6.18 Å². The van der Waals surface area contributed by atoms with Crippen molar-refractivity contribution in [1.82, 2.24) is 20.1 Å². The lowest BCUT2D eigenvalue weighted by atomic mass is 10.0. The molecular weight excluding hydrogens is 560 g/mol. The van der Waals surface area contributed by atoms with E-state index in [2.05, 4.69) is 15.4 Å². The Balaban J connectivity index is 1.69. The summed E-state index contributed by atoms with van der Waals surface area (Å²) in [6, 6.07) is 2.98. The SMILES string of the molecule is COc1ncc(C(=O)N2CC[C@H](NC(=O)c3ccc(Cl)cc3C(F)(F)F)c3c2cnn3CC(F)F)cc1Cl. The van der Waals surface area contributed by atoms with Crippen molar-refractivity contribution in [3.05, 3.63) is 69.1 Å². The summed E-state index contributed by atoms with van der Waals surface area (Å²) in [6.45, 7) is -0.887. The lowest BCUT2D eigenvalue weighted by molar-refractivity contribution is -0.137. The predicted octanol–water partition coefficient (Wildman–Crippen LogP) is 5.40. The van der Waals surface area contributed by atoms with Gasteiger partial charge in [0.25, 0.3) is 18.2 Å². The summed E-state index contributed by atoms with van der Waals surface area (Å²) in [5.74, 6) is -1.59. The number of pyridine rings is 1. The van der Waals surface area contributed by atoms with Crippen LogP contribution in [0.4, 0.5) is 27.6 Å². The van der Waals surface area contributed by atoms with Crippen LogP contribution in [-0.4, -0.2) is 46.7 Å². The fourth-order valence-electron chi connectivity index (χ4n) is 4.13. The number of rotatable bonds is 6. The van der Waals surface area contributed by atoms with Crippen molar-refractivity contribution < 1.29 is 36.3 Å². The van der Waals surface area contributed by atoms with E-state index in [4.69, 9.17) is 27.9 Å². The van der Waals surface area contributed by atoms with Crippen molar-refractivity contribution in [2.45, 2.75) is 31.6 Å². The van der Waals surface area contributed by atoms with Crippen LogP contribution in [0, 0.1) is 0 Å². The summed E-state index contributed by atoms with van der Waals surface area (Å²) in [5, 5.41) is 6.26. The number of alkyl halides is 5. The summed E-state index contributed by atoms with van der Waals surface area (Å²) >= 11 is 11.8. The van der Waals surface area contributed by atoms with Crippen molar-refractivity contribution >= 4 is 40.7 Å². The van der Waals surface area contributed by atoms with Crippen LogP contribution in [0.5, 0.6) is 5.88 Å². The summed E-state index contributed by atoms with van der Waals surface area (Å²) in [5.41, 5.74) is -1.73. The number of halogens is 7. The van der Waals surface area contributed by atoms with Gasteiger partial charge < -0.3 is 15.0 Å². The highest BCUT2D eigenvalue weighted by Crippen LogP contribution is 2.37. The van der Waals surface area contributed by atoms with Gasteiger partial charge in [0.05, 0.1) is 47.4 Å². The number of nitrogens with zero attached hydrogens (tertiary/aromatic N) is 4. The second-order valence-electron chi connectivity index (χ2n) is 8.16. The monoisotopic (exact) mass is 577 g/mol. The number of nitrogens with one attached hydrogen (secondary N) is 1. The van der Waals surface area contributed by atoms with E-state index in [0.717, 1.165) is 16.8 Å². The molecule has 1 N–H and O–H groups in total. The standard InChI is InChI=1S/C23H18Cl2F5N5O3/c1-38-21-15(25)6-11(8-31-21)22(37)34-5-4-16(19-17(34)9-32-35(19)10-18(26)27)33-20(36)13-3-2-12(24)7-14(13)23(28,29)30/h2-3,6-9,16,18H,4-5,10H2,1H3,(H,33,36)/t16-/m0/s1. The van der Waals surface area contributed by atoms with Gasteiger partial charge in [-0.3, -0.25) is 14.3 Å². The topological polar surface area (TPSA) is 89.3 Å². The highest BCUT2D eigenvalue weighted by molar-refractivity contribution is 6.32. The number of aromatic nitrogens is 3. The average molecular weight is 578 g/mol. The Labute approximate surface area is 222 Å². The minimum atomic E-state index is -4.87. The number of carbonyl (C=O) groups excluding carboxylic acids is 2. The van der Waals surface area contributed by atoms with Crippen LogP contribution in [-0.2, 0) is 12.7 Å². The van der Waals surface area contributed by atoms with Crippen molar-refractivity contribution in [1.29, 1.82) is 0 Å². The maximum atomic E-state index is 13.5. The highest BCUT2D eigenvalue weighted by Gasteiger charge is 2.38. The molecule has 0 saturated heterocycles. The zero-order chi connectivity index (χ0) is 27.8. The summed E-state index contributed by atoms with van der Waals surface area (Å²) < 4.78 is 73.1. The molecule has 202 valence electrons. The van der Waals surface area contributed by atoms with Gasteiger partial charge in [0, 0.05) is 17.8 Å². The molecule has 0 spiro atoms. The Kier molecular flexibility index (Phi) is 7.79. The second kappa shape index (κ2) is 10.7. The quantitative estimate of drug-likeness (QED) is 0.396. The van der Waals surface area contributed by atoms with Crippen LogP contribution in [0.1, 0.15) is 44.4 Å². The number of benzene rings is 1. The number of ether oxygens (including phenoxy) is 1. The van der Waals surface area contributed by atoms with Gasteiger partial charge in [0.2, 0.25) is 5.88 Å². The van der Waals surface area contributed by atoms with Crippen LogP contribution >= 0.6 is 23.2 Å². The first-order valence-corrected chi connectivity index (χ1v) is 11.7. The fraction of sp³-hybridized carbons (Fsp3) is 0.304. The van der Waals surface area contributed by atoms with E-state index in [1.54, 1.807) is 0 Å². The molecule has 0 fully saturated rings. The Morgan fingerprint density at radius 2 is 1.95 bits per heavy atom. The number of methoxy groups -OCH3 is 1. The first-order valence-electron chi connectivity index (χ1n) is 10.9. The van der Waals surface area contributed by atoms with Gasteiger partial charge in [-0.2, -0.15) is 18.3 Å². The summed E-state index contributed by atoms with van der Waals surface area (Å²) in [4.78, 5) is 31.4. The Morgan fingerprint density at radius 3 is 2.58 bits per heavy atom. The molecule has 8 nitrogen and oxygen atoms in total. The first kappa shape index (κ1) is 27.6. The molecule has 0 saturated carbocycles. The molecule has 1 aromatic carbocycles. The van der Waals surface area contributed by atoms with Gasteiger partial charge in [-0.15, -0.1) is 0 Å². The van der Waals surface area contributed by atoms with Gasteiger partial charge in [0.15, 0.2) is 0 Å². The van der Waals surface area contributed by atoms with Gasteiger partial charge in [-0.05, 0) is 30.7 Å². The first-order chi connectivity index (χ1) is 17.9. The predicted molar refractivity (Wildman–Crippen MR) is 127 cm³/mol. The van der Waals surface area contributed by atoms with Gasteiger partial charge in [-0.1, -0.05) is 23.2 Å². The average Bonchev–Trinajstić information content (AvgIpc) is 3.26. The third kappa shape index (κ3) is 5.53. The van der Waals surface area contributed by atoms with E-state index >= 15 is 0 Å². The molecule has 3 aromatic rings. The molecule has 1 aliphatic rings. The largest absolute Gasteiger partial charge is 0.480 e. The number of carbonyl (C=O) groups is 2. The molecule has 3 heterocycles. The van der Waals surface area contributed by atoms with E-state index in [9.17, 15) is 31.5 Å². The zero-order valence-electron chi connectivity index (χ0n) is 19.4. The summed E-state index contributed by atoms with van der Waals surface area (Å²) in [7, 11) is 1.35. The Hall–Kier alpha value is -3.45. The highest BCUT2D eigenvalue weighted by atomic mass is 35.5.